The Labute approximate surface area is 176 Å². The van der Waals surface area contributed by atoms with Gasteiger partial charge >= 0.3 is 0 Å². The summed E-state index contributed by atoms with van der Waals surface area (Å²) < 4.78 is 11.8. The number of para-hydroxylation sites is 2. The van der Waals surface area contributed by atoms with Crippen LogP contribution >= 0.6 is 0 Å². The molecule has 0 saturated heterocycles. The summed E-state index contributed by atoms with van der Waals surface area (Å²) in [4.78, 5) is 4.59. The van der Waals surface area contributed by atoms with Crippen molar-refractivity contribution in [1.29, 1.82) is 0 Å². The molecule has 1 aromatic heterocycles. The van der Waals surface area contributed by atoms with Crippen LogP contribution in [0.25, 0.3) is 22.6 Å². The van der Waals surface area contributed by atoms with Gasteiger partial charge in [0, 0.05) is 23.4 Å². The fraction of sp³-hybridized carbons (Fsp3) is 0.240. The van der Waals surface area contributed by atoms with E-state index in [2.05, 4.69) is 10.3 Å². The third-order valence-electron chi connectivity index (χ3n) is 4.99. The van der Waals surface area contributed by atoms with Gasteiger partial charge in [0.15, 0.2) is 5.58 Å². The van der Waals surface area contributed by atoms with Crippen LogP contribution in [-0.2, 0) is 5.60 Å². The maximum atomic E-state index is 10.4. The zero-order valence-electron chi connectivity index (χ0n) is 17.5. The zero-order chi connectivity index (χ0) is 21.1. The van der Waals surface area contributed by atoms with Crippen molar-refractivity contribution in [2.24, 2.45) is 0 Å². The van der Waals surface area contributed by atoms with E-state index in [0.717, 1.165) is 33.6 Å². The standard InChI is InChI=1S/C25H26N2O3/c1-17-7-4-5-10-22(17)29-16-15-26-19-13-11-18(12-14-19)24-27-21-9-6-8-20(23(21)30-24)25(2,3)28/h4-14,26,28H,15-16H2,1-3H3. The van der Waals surface area contributed by atoms with Crippen molar-refractivity contribution in [3.05, 3.63) is 77.9 Å². The first-order valence-corrected chi connectivity index (χ1v) is 10.1. The summed E-state index contributed by atoms with van der Waals surface area (Å²) >= 11 is 0. The molecule has 0 aliphatic rings. The number of anilines is 1. The van der Waals surface area contributed by atoms with E-state index < -0.39 is 5.60 Å². The Balaban J connectivity index is 1.42. The summed E-state index contributed by atoms with van der Waals surface area (Å²) in [5.41, 5.74) is 4.11. The summed E-state index contributed by atoms with van der Waals surface area (Å²) in [6.45, 7) is 6.81. The normalized spacial score (nSPS) is 11.6. The van der Waals surface area contributed by atoms with Gasteiger partial charge in [-0.1, -0.05) is 30.3 Å². The number of hydrogen-bond donors (Lipinski definition) is 2. The van der Waals surface area contributed by atoms with Gasteiger partial charge in [-0.3, -0.25) is 0 Å². The molecule has 4 aromatic rings. The monoisotopic (exact) mass is 402 g/mol. The lowest BCUT2D eigenvalue weighted by Crippen LogP contribution is -2.15. The minimum Gasteiger partial charge on any atom is -0.491 e. The van der Waals surface area contributed by atoms with Crippen molar-refractivity contribution in [2.75, 3.05) is 18.5 Å². The molecule has 154 valence electrons. The van der Waals surface area contributed by atoms with Crippen molar-refractivity contribution in [1.82, 2.24) is 4.98 Å². The average Bonchev–Trinajstić information content (AvgIpc) is 3.16. The molecule has 0 saturated carbocycles. The molecule has 1 heterocycles. The Bertz CT molecular complexity index is 1140. The quantitative estimate of drug-likeness (QED) is 0.398. The molecular formula is C25H26N2O3. The van der Waals surface area contributed by atoms with Gasteiger partial charge in [-0.15, -0.1) is 0 Å². The second-order valence-corrected chi connectivity index (χ2v) is 7.85. The number of oxazole rings is 1. The summed E-state index contributed by atoms with van der Waals surface area (Å²) in [6, 6.07) is 21.6. The average molecular weight is 402 g/mol. The summed E-state index contributed by atoms with van der Waals surface area (Å²) in [7, 11) is 0. The highest BCUT2D eigenvalue weighted by atomic mass is 16.5. The molecule has 0 aliphatic heterocycles. The molecule has 0 atom stereocenters. The fourth-order valence-electron chi connectivity index (χ4n) is 3.36. The van der Waals surface area contributed by atoms with Crippen LogP contribution in [0, 0.1) is 6.92 Å². The Kier molecular flexibility index (Phi) is 5.46. The molecular weight excluding hydrogens is 376 g/mol. The molecule has 5 nitrogen and oxygen atoms in total. The third kappa shape index (κ3) is 4.31. The van der Waals surface area contributed by atoms with Crippen molar-refractivity contribution in [2.45, 2.75) is 26.4 Å². The maximum absolute atomic E-state index is 10.4. The Morgan fingerprint density at radius 2 is 1.77 bits per heavy atom. The number of nitrogens with zero attached hydrogens (tertiary/aromatic N) is 1. The van der Waals surface area contributed by atoms with E-state index in [1.807, 2.05) is 73.7 Å². The smallest absolute Gasteiger partial charge is 0.227 e. The minimum atomic E-state index is -0.996. The van der Waals surface area contributed by atoms with Crippen LogP contribution < -0.4 is 10.1 Å². The molecule has 0 spiro atoms. The van der Waals surface area contributed by atoms with Gasteiger partial charge in [0.1, 0.15) is 17.9 Å². The van der Waals surface area contributed by atoms with E-state index >= 15 is 0 Å². The first-order chi connectivity index (χ1) is 14.4. The lowest BCUT2D eigenvalue weighted by molar-refractivity contribution is 0.0792. The summed E-state index contributed by atoms with van der Waals surface area (Å²) in [5.74, 6) is 1.45. The molecule has 2 N–H and O–H groups in total. The van der Waals surface area contributed by atoms with E-state index in [1.165, 1.54) is 0 Å². The van der Waals surface area contributed by atoms with Crippen molar-refractivity contribution in [3.8, 4) is 17.2 Å². The van der Waals surface area contributed by atoms with Gasteiger partial charge in [-0.2, -0.15) is 0 Å². The van der Waals surface area contributed by atoms with Crippen LogP contribution in [0.4, 0.5) is 5.69 Å². The van der Waals surface area contributed by atoms with Gasteiger partial charge in [-0.25, -0.2) is 4.98 Å². The lowest BCUT2D eigenvalue weighted by atomic mass is 9.98. The number of fused-ring (bicyclic) bond motifs is 1. The van der Waals surface area contributed by atoms with Gasteiger partial charge in [-0.05, 0) is 62.7 Å². The van der Waals surface area contributed by atoms with Gasteiger partial charge in [0.25, 0.3) is 0 Å². The third-order valence-corrected chi connectivity index (χ3v) is 4.99. The van der Waals surface area contributed by atoms with Crippen LogP contribution in [0.5, 0.6) is 5.75 Å². The van der Waals surface area contributed by atoms with Crippen LogP contribution in [0.1, 0.15) is 25.0 Å². The summed E-state index contributed by atoms with van der Waals surface area (Å²) in [5, 5.41) is 13.7. The number of aromatic nitrogens is 1. The van der Waals surface area contributed by atoms with E-state index in [4.69, 9.17) is 9.15 Å². The second-order valence-electron chi connectivity index (χ2n) is 7.85. The number of aliphatic hydroxyl groups is 1. The first kappa shape index (κ1) is 20.0. The number of nitrogens with one attached hydrogen (secondary N) is 1. The van der Waals surface area contributed by atoms with Crippen molar-refractivity contribution < 1.29 is 14.3 Å². The van der Waals surface area contributed by atoms with Crippen molar-refractivity contribution >= 4 is 16.8 Å². The number of ether oxygens (including phenoxy) is 1. The highest BCUT2D eigenvalue weighted by molar-refractivity contribution is 5.80. The highest BCUT2D eigenvalue weighted by Gasteiger charge is 2.22. The van der Waals surface area contributed by atoms with Gasteiger partial charge in [0.05, 0.1) is 5.60 Å². The second kappa shape index (κ2) is 8.20. The topological polar surface area (TPSA) is 67.5 Å². The predicted octanol–water partition coefficient (Wildman–Crippen LogP) is 5.52. The SMILES string of the molecule is Cc1ccccc1OCCNc1ccc(-c2nc3cccc(C(C)(C)O)c3o2)cc1. The maximum Gasteiger partial charge on any atom is 0.227 e. The van der Waals surface area contributed by atoms with Crippen molar-refractivity contribution in [3.63, 3.8) is 0 Å². The van der Waals surface area contributed by atoms with Gasteiger partial charge < -0.3 is 19.6 Å². The number of rotatable bonds is 7. The predicted molar refractivity (Wildman–Crippen MR) is 120 cm³/mol. The van der Waals surface area contributed by atoms with Crippen LogP contribution in [0.2, 0.25) is 0 Å². The molecule has 0 bridgehead atoms. The molecule has 5 heteroatoms. The van der Waals surface area contributed by atoms with Crippen LogP contribution in [0.3, 0.4) is 0 Å². The number of benzene rings is 3. The minimum absolute atomic E-state index is 0.538. The Hall–Kier alpha value is -3.31. The molecule has 3 aromatic carbocycles. The molecule has 0 fully saturated rings. The molecule has 0 radical (unpaired) electrons. The van der Waals surface area contributed by atoms with E-state index in [0.29, 0.717) is 24.6 Å². The molecule has 0 amide bonds. The van der Waals surface area contributed by atoms with E-state index in [1.54, 1.807) is 13.8 Å². The Morgan fingerprint density at radius 1 is 1.00 bits per heavy atom. The highest BCUT2D eigenvalue weighted by Crippen LogP contribution is 2.32. The molecule has 0 aliphatic carbocycles. The zero-order valence-corrected chi connectivity index (χ0v) is 17.5. The fourth-order valence-corrected chi connectivity index (χ4v) is 3.36. The van der Waals surface area contributed by atoms with E-state index in [9.17, 15) is 5.11 Å². The molecule has 0 unspecified atom stereocenters. The van der Waals surface area contributed by atoms with E-state index in [-0.39, 0.29) is 0 Å². The largest absolute Gasteiger partial charge is 0.491 e. The molecule has 30 heavy (non-hydrogen) atoms. The number of hydrogen-bond acceptors (Lipinski definition) is 5. The van der Waals surface area contributed by atoms with Crippen LogP contribution in [-0.4, -0.2) is 23.2 Å². The Morgan fingerprint density at radius 3 is 2.50 bits per heavy atom. The lowest BCUT2D eigenvalue weighted by Gasteiger charge is -2.17. The summed E-state index contributed by atoms with van der Waals surface area (Å²) in [6.07, 6.45) is 0. The van der Waals surface area contributed by atoms with Gasteiger partial charge in [0.2, 0.25) is 5.89 Å². The number of aryl methyl sites for hydroxylation is 1. The van der Waals surface area contributed by atoms with Crippen LogP contribution in [0.15, 0.2) is 71.1 Å². The first-order valence-electron chi connectivity index (χ1n) is 10.1. The molecule has 4 rings (SSSR count).